The first-order chi connectivity index (χ1) is 10.6. The van der Waals surface area contributed by atoms with E-state index in [9.17, 15) is 4.79 Å². The highest BCUT2D eigenvalue weighted by molar-refractivity contribution is 7.15. The molecule has 0 amide bonds. The van der Waals surface area contributed by atoms with Gasteiger partial charge in [-0.15, -0.1) is 11.3 Å². The molecule has 0 bridgehead atoms. The molecule has 3 aromatic rings. The first-order valence-corrected chi connectivity index (χ1v) is 7.53. The van der Waals surface area contributed by atoms with Crippen molar-refractivity contribution in [1.29, 1.82) is 0 Å². The molecule has 0 unspecified atom stereocenters. The minimum atomic E-state index is -1.04. The lowest BCUT2D eigenvalue weighted by atomic mass is 10.1. The summed E-state index contributed by atoms with van der Waals surface area (Å²) in [5.41, 5.74) is 1.80. The molecule has 0 aliphatic carbocycles. The minimum Gasteiger partial charge on any atom is -0.493 e. The molecule has 2 aromatic heterocycles. The summed E-state index contributed by atoms with van der Waals surface area (Å²) in [7, 11) is 1.59. The van der Waals surface area contributed by atoms with Crippen molar-refractivity contribution in [2.75, 3.05) is 13.7 Å². The maximum absolute atomic E-state index is 11.0. The van der Waals surface area contributed by atoms with Crippen molar-refractivity contribution < 1.29 is 19.4 Å². The molecule has 0 aliphatic heterocycles. The van der Waals surface area contributed by atoms with Crippen molar-refractivity contribution in [3.05, 3.63) is 35.5 Å². The van der Waals surface area contributed by atoms with Gasteiger partial charge in [0.25, 0.3) is 0 Å². The van der Waals surface area contributed by atoms with Gasteiger partial charge in [0.1, 0.15) is 0 Å². The number of carboxylic acid groups (broad SMARTS) is 1. The number of benzene rings is 1. The van der Waals surface area contributed by atoms with Gasteiger partial charge in [0, 0.05) is 17.1 Å². The summed E-state index contributed by atoms with van der Waals surface area (Å²) >= 11 is 1.39. The zero-order valence-corrected chi connectivity index (χ0v) is 12.9. The smallest absolute Gasteiger partial charge is 0.356 e. The van der Waals surface area contributed by atoms with Gasteiger partial charge in [0.15, 0.2) is 22.2 Å². The molecule has 0 spiro atoms. The molecule has 22 heavy (non-hydrogen) atoms. The van der Waals surface area contributed by atoms with E-state index in [2.05, 4.69) is 4.98 Å². The van der Waals surface area contributed by atoms with Crippen LogP contribution in [0.1, 0.15) is 17.4 Å². The number of aromatic carboxylic acids is 1. The number of rotatable bonds is 5. The third-order valence-corrected chi connectivity index (χ3v) is 4.03. The Morgan fingerprint density at radius 3 is 2.91 bits per heavy atom. The predicted molar refractivity (Wildman–Crippen MR) is 83.2 cm³/mol. The molecule has 1 N–H and O–H groups in total. The fraction of sp³-hybridized carbons (Fsp3) is 0.200. The van der Waals surface area contributed by atoms with Crippen LogP contribution in [-0.4, -0.2) is 34.2 Å². The molecule has 0 radical (unpaired) electrons. The van der Waals surface area contributed by atoms with Crippen LogP contribution in [0.3, 0.4) is 0 Å². The van der Waals surface area contributed by atoms with Crippen molar-refractivity contribution in [3.63, 3.8) is 0 Å². The number of nitrogens with zero attached hydrogens (tertiary/aromatic N) is 2. The van der Waals surface area contributed by atoms with Gasteiger partial charge in [-0.1, -0.05) is 0 Å². The van der Waals surface area contributed by atoms with E-state index in [1.54, 1.807) is 11.5 Å². The van der Waals surface area contributed by atoms with Crippen molar-refractivity contribution in [1.82, 2.24) is 9.38 Å². The third kappa shape index (κ3) is 2.39. The highest BCUT2D eigenvalue weighted by Gasteiger charge is 2.15. The fourth-order valence-electron chi connectivity index (χ4n) is 2.20. The average Bonchev–Trinajstić information content (AvgIpc) is 3.08. The van der Waals surface area contributed by atoms with Crippen molar-refractivity contribution in [2.45, 2.75) is 6.92 Å². The molecule has 1 aromatic carbocycles. The van der Waals surface area contributed by atoms with Gasteiger partial charge in [0.2, 0.25) is 0 Å². The first-order valence-electron chi connectivity index (χ1n) is 6.65. The van der Waals surface area contributed by atoms with Crippen LogP contribution < -0.4 is 9.47 Å². The third-order valence-electron chi connectivity index (χ3n) is 3.19. The van der Waals surface area contributed by atoms with Crippen LogP contribution in [0, 0.1) is 0 Å². The summed E-state index contributed by atoms with van der Waals surface area (Å²) in [5, 5.41) is 11.0. The normalized spacial score (nSPS) is 10.8. The van der Waals surface area contributed by atoms with E-state index in [0.717, 1.165) is 11.3 Å². The van der Waals surface area contributed by atoms with E-state index in [-0.39, 0.29) is 5.69 Å². The second kappa shape index (κ2) is 5.69. The maximum atomic E-state index is 11.0. The lowest BCUT2D eigenvalue weighted by Gasteiger charge is -2.10. The van der Waals surface area contributed by atoms with Gasteiger partial charge in [0.05, 0.1) is 19.4 Å². The highest BCUT2D eigenvalue weighted by atomic mass is 32.1. The van der Waals surface area contributed by atoms with Gasteiger partial charge in [-0.25, -0.2) is 9.78 Å². The Bertz CT molecular complexity index is 837. The molecule has 6 nitrogen and oxygen atoms in total. The number of imidazole rings is 1. The summed E-state index contributed by atoms with van der Waals surface area (Å²) < 4.78 is 12.6. The number of hydrogen-bond donors (Lipinski definition) is 1. The number of methoxy groups -OCH3 is 1. The molecule has 2 heterocycles. The largest absolute Gasteiger partial charge is 0.493 e. The fourth-order valence-corrected chi connectivity index (χ4v) is 3.08. The number of carbonyl (C=O) groups is 1. The van der Waals surface area contributed by atoms with E-state index in [0.29, 0.717) is 23.1 Å². The quantitative estimate of drug-likeness (QED) is 0.782. The predicted octanol–water partition coefficient (Wildman–Crippen LogP) is 3.17. The van der Waals surface area contributed by atoms with Crippen LogP contribution in [-0.2, 0) is 0 Å². The van der Waals surface area contributed by atoms with Gasteiger partial charge < -0.3 is 14.6 Å². The van der Waals surface area contributed by atoms with Crippen LogP contribution >= 0.6 is 11.3 Å². The standard InChI is InChI=1S/C15H14N2O4S/c1-3-21-12-5-4-9(6-13(12)20-2)11-8-22-15-16-10(14(18)19)7-17(11)15/h4-8H,3H2,1-2H3,(H,18,19). The zero-order valence-electron chi connectivity index (χ0n) is 12.1. The second-order valence-electron chi connectivity index (χ2n) is 4.50. The van der Waals surface area contributed by atoms with E-state index >= 15 is 0 Å². The zero-order chi connectivity index (χ0) is 15.7. The molecule has 0 saturated heterocycles. The minimum absolute atomic E-state index is 0.0333. The molecular weight excluding hydrogens is 304 g/mol. The SMILES string of the molecule is CCOc1ccc(-c2csc3nc(C(=O)O)cn23)cc1OC. The molecule has 7 heteroatoms. The summed E-state index contributed by atoms with van der Waals surface area (Å²) in [5.74, 6) is 0.278. The summed E-state index contributed by atoms with van der Waals surface area (Å²) in [4.78, 5) is 15.7. The summed E-state index contributed by atoms with van der Waals surface area (Å²) in [6.45, 7) is 2.47. The summed E-state index contributed by atoms with van der Waals surface area (Å²) in [6.07, 6.45) is 1.52. The van der Waals surface area contributed by atoms with E-state index in [1.807, 2.05) is 30.5 Å². The van der Waals surface area contributed by atoms with Crippen molar-refractivity contribution >= 4 is 22.3 Å². The molecule has 0 atom stereocenters. The van der Waals surface area contributed by atoms with Crippen LogP contribution in [0.15, 0.2) is 29.8 Å². The van der Waals surface area contributed by atoms with Gasteiger partial charge in [-0.05, 0) is 25.1 Å². The summed E-state index contributed by atoms with van der Waals surface area (Å²) in [6, 6.07) is 5.62. The Balaban J connectivity index is 2.08. The molecular formula is C15H14N2O4S. The number of hydrogen-bond acceptors (Lipinski definition) is 5. The van der Waals surface area contributed by atoms with Crippen LogP contribution in [0.5, 0.6) is 11.5 Å². The van der Waals surface area contributed by atoms with Crippen molar-refractivity contribution in [3.8, 4) is 22.8 Å². The van der Waals surface area contributed by atoms with Gasteiger partial charge in [-0.2, -0.15) is 0 Å². The van der Waals surface area contributed by atoms with E-state index in [1.165, 1.54) is 17.5 Å². The molecule has 0 fully saturated rings. The van der Waals surface area contributed by atoms with Crippen LogP contribution in [0.25, 0.3) is 16.2 Å². The van der Waals surface area contributed by atoms with E-state index < -0.39 is 5.97 Å². The van der Waals surface area contributed by atoms with Crippen LogP contribution in [0.4, 0.5) is 0 Å². The first kappa shape index (κ1) is 14.4. The molecule has 0 aliphatic rings. The Kier molecular flexibility index (Phi) is 3.72. The Morgan fingerprint density at radius 1 is 1.41 bits per heavy atom. The number of fused-ring (bicyclic) bond motifs is 1. The Morgan fingerprint density at radius 2 is 2.23 bits per heavy atom. The topological polar surface area (TPSA) is 73.1 Å². The highest BCUT2D eigenvalue weighted by Crippen LogP contribution is 2.34. The Labute approximate surface area is 130 Å². The number of carboxylic acids is 1. The van der Waals surface area contributed by atoms with Gasteiger partial charge >= 0.3 is 5.97 Å². The van der Waals surface area contributed by atoms with E-state index in [4.69, 9.17) is 14.6 Å². The number of thiazole rings is 1. The lowest BCUT2D eigenvalue weighted by Crippen LogP contribution is -1.96. The molecule has 114 valence electrons. The van der Waals surface area contributed by atoms with Crippen LogP contribution in [0.2, 0.25) is 0 Å². The lowest BCUT2D eigenvalue weighted by molar-refractivity contribution is 0.0691. The molecule has 0 saturated carbocycles. The molecule has 3 rings (SSSR count). The average molecular weight is 318 g/mol. The maximum Gasteiger partial charge on any atom is 0.356 e. The monoisotopic (exact) mass is 318 g/mol. The number of aromatic nitrogens is 2. The Hall–Kier alpha value is -2.54. The van der Waals surface area contributed by atoms with Crippen molar-refractivity contribution in [2.24, 2.45) is 0 Å². The van der Waals surface area contributed by atoms with Gasteiger partial charge in [-0.3, -0.25) is 4.40 Å². The second-order valence-corrected chi connectivity index (χ2v) is 5.34. The number of ether oxygens (including phenoxy) is 2.